The summed E-state index contributed by atoms with van der Waals surface area (Å²) in [6.45, 7) is 11.5. The highest BCUT2D eigenvalue weighted by Gasteiger charge is 2.31. The SMILES string of the molecule is CC[C@H](C(=O)NC(C)(C)C)N(Cc1ccc(Cl)c(Cl)c1)C(=O)COc1cc(C)ccc1C. The molecule has 0 aliphatic rings. The number of hydrogen-bond acceptors (Lipinski definition) is 3. The molecule has 2 rings (SSSR count). The average Bonchev–Trinajstić information content (AvgIpc) is 2.69. The molecule has 0 saturated heterocycles. The van der Waals surface area contributed by atoms with Crippen molar-refractivity contribution in [2.45, 2.75) is 66.1 Å². The van der Waals surface area contributed by atoms with Crippen molar-refractivity contribution in [3.8, 4) is 5.75 Å². The van der Waals surface area contributed by atoms with Crippen LogP contribution in [-0.2, 0) is 16.1 Å². The first-order valence-corrected chi connectivity index (χ1v) is 11.4. The van der Waals surface area contributed by atoms with Crippen LogP contribution in [0.15, 0.2) is 36.4 Å². The van der Waals surface area contributed by atoms with Crippen LogP contribution in [0.2, 0.25) is 10.0 Å². The van der Waals surface area contributed by atoms with Crippen molar-refractivity contribution in [2.24, 2.45) is 0 Å². The highest BCUT2D eigenvalue weighted by molar-refractivity contribution is 6.42. The van der Waals surface area contributed by atoms with Gasteiger partial charge < -0.3 is 15.0 Å². The van der Waals surface area contributed by atoms with Crippen LogP contribution < -0.4 is 10.1 Å². The fourth-order valence-electron chi connectivity index (χ4n) is 3.29. The molecule has 0 fully saturated rings. The van der Waals surface area contributed by atoms with Gasteiger partial charge in [-0.1, -0.05) is 48.3 Å². The van der Waals surface area contributed by atoms with Crippen LogP contribution in [0.1, 0.15) is 50.8 Å². The standard InChI is InChI=1S/C25H32Cl2N2O3/c1-7-21(24(31)28-25(4,5)6)29(14-18-10-11-19(26)20(27)13-18)23(30)15-32-22-12-16(2)8-9-17(22)3/h8-13,21H,7,14-15H2,1-6H3,(H,28,31)/t21-/m1/s1. The number of halogens is 2. The van der Waals surface area contributed by atoms with Gasteiger partial charge in [-0.3, -0.25) is 9.59 Å². The number of nitrogens with one attached hydrogen (secondary N) is 1. The Kier molecular flexibility index (Phi) is 8.99. The fourth-order valence-corrected chi connectivity index (χ4v) is 3.61. The van der Waals surface area contributed by atoms with E-state index in [1.807, 2.05) is 59.7 Å². The van der Waals surface area contributed by atoms with E-state index >= 15 is 0 Å². The number of carbonyl (C=O) groups excluding carboxylic acids is 2. The predicted molar refractivity (Wildman–Crippen MR) is 130 cm³/mol. The second kappa shape index (κ2) is 11.1. The third-order valence-electron chi connectivity index (χ3n) is 4.92. The minimum absolute atomic E-state index is 0.176. The van der Waals surface area contributed by atoms with Crippen LogP contribution >= 0.6 is 23.2 Å². The second-order valence-electron chi connectivity index (χ2n) is 8.99. The molecule has 5 nitrogen and oxygen atoms in total. The fraction of sp³-hybridized carbons (Fsp3) is 0.440. The van der Waals surface area contributed by atoms with Crippen molar-refractivity contribution in [2.75, 3.05) is 6.61 Å². The Morgan fingerprint density at radius 3 is 2.34 bits per heavy atom. The molecule has 0 heterocycles. The number of amides is 2. The molecule has 1 atom stereocenters. The van der Waals surface area contributed by atoms with Crippen molar-refractivity contribution >= 4 is 35.0 Å². The van der Waals surface area contributed by atoms with Crippen LogP contribution in [0.4, 0.5) is 0 Å². The van der Waals surface area contributed by atoms with Gasteiger partial charge in [-0.15, -0.1) is 0 Å². The Balaban J connectivity index is 2.30. The summed E-state index contributed by atoms with van der Waals surface area (Å²) in [5.74, 6) is 0.160. The van der Waals surface area contributed by atoms with Crippen molar-refractivity contribution in [1.29, 1.82) is 0 Å². The van der Waals surface area contributed by atoms with E-state index in [4.69, 9.17) is 27.9 Å². The quantitative estimate of drug-likeness (QED) is 0.528. The smallest absolute Gasteiger partial charge is 0.261 e. The summed E-state index contributed by atoms with van der Waals surface area (Å²) in [5, 5.41) is 3.81. The van der Waals surface area contributed by atoms with E-state index in [-0.39, 0.29) is 25.0 Å². The molecular formula is C25H32Cl2N2O3. The Morgan fingerprint density at radius 1 is 1.06 bits per heavy atom. The van der Waals surface area contributed by atoms with E-state index in [2.05, 4.69) is 5.32 Å². The normalized spacial score (nSPS) is 12.2. The lowest BCUT2D eigenvalue weighted by molar-refractivity contribution is -0.143. The Labute approximate surface area is 201 Å². The van der Waals surface area contributed by atoms with Gasteiger partial charge in [0.05, 0.1) is 10.0 Å². The number of ether oxygens (including phenoxy) is 1. The van der Waals surface area contributed by atoms with E-state index in [0.717, 1.165) is 16.7 Å². The molecule has 32 heavy (non-hydrogen) atoms. The predicted octanol–water partition coefficient (Wildman–Crippen LogP) is 5.71. The number of rotatable bonds is 8. The molecule has 1 N–H and O–H groups in total. The van der Waals surface area contributed by atoms with Crippen molar-refractivity contribution < 1.29 is 14.3 Å². The minimum atomic E-state index is -0.654. The molecule has 0 aliphatic heterocycles. The molecule has 0 unspecified atom stereocenters. The van der Waals surface area contributed by atoms with Crippen molar-refractivity contribution in [3.63, 3.8) is 0 Å². The molecule has 174 valence electrons. The van der Waals surface area contributed by atoms with Gasteiger partial charge in [0.15, 0.2) is 6.61 Å². The van der Waals surface area contributed by atoms with Crippen LogP contribution in [-0.4, -0.2) is 34.9 Å². The molecule has 0 saturated carbocycles. The molecule has 0 aromatic heterocycles. The monoisotopic (exact) mass is 478 g/mol. The van der Waals surface area contributed by atoms with Crippen LogP contribution in [0.3, 0.4) is 0 Å². The molecule has 0 radical (unpaired) electrons. The third kappa shape index (κ3) is 7.42. The van der Waals surface area contributed by atoms with Gasteiger partial charge in [0.25, 0.3) is 5.91 Å². The second-order valence-corrected chi connectivity index (χ2v) is 9.81. The zero-order valence-corrected chi connectivity index (χ0v) is 21.1. The van der Waals surface area contributed by atoms with E-state index in [9.17, 15) is 9.59 Å². The van der Waals surface area contributed by atoms with Gasteiger partial charge in [-0.25, -0.2) is 0 Å². The summed E-state index contributed by atoms with van der Waals surface area (Å²) in [6, 6.07) is 10.4. The van der Waals surface area contributed by atoms with Gasteiger partial charge in [-0.05, 0) is 75.9 Å². The topological polar surface area (TPSA) is 58.6 Å². The summed E-state index contributed by atoms with van der Waals surface area (Å²) in [5.41, 5.74) is 2.35. The zero-order chi connectivity index (χ0) is 24.1. The van der Waals surface area contributed by atoms with Crippen molar-refractivity contribution in [3.05, 3.63) is 63.1 Å². The minimum Gasteiger partial charge on any atom is -0.483 e. The summed E-state index contributed by atoms with van der Waals surface area (Å²) in [7, 11) is 0. The number of carbonyl (C=O) groups is 2. The molecule has 0 bridgehead atoms. The number of hydrogen-bond donors (Lipinski definition) is 1. The third-order valence-corrected chi connectivity index (χ3v) is 5.65. The maximum atomic E-state index is 13.3. The number of nitrogens with zero attached hydrogens (tertiary/aromatic N) is 1. The van der Waals surface area contributed by atoms with Crippen LogP contribution in [0, 0.1) is 13.8 Å². The summed E-state index contributed by atoms with van der Waals surface area (Å²) < 4.78 is 5.85. The summed E-state index contributed by atoms with van der Waals surface area (Å²) >= 11 is 12.2. The van der Waals surface area contributed by atoms with E-state index < -0.39 is 11.6 Å². The molecule has 7 heteroatoms. The number of benzene rings is 2. The zero-order valence-electron chi connectivity index (χ0n) is 19.6. The number of aryl methyl sites for hydroxylation is 2. The van der Waals surface area contributed by atoms with Gasteiger partial charge >= 0.3 is 0 Å². The lowest BCUT2D eigenvalue weighted by Gasteiger charge is -2.33. The van der Waals surface area contributed by atoms with Gasteiger partial charge in [0.1, 0.15) is 11.8 Å². The van der Waals surface area contributed by atoms with E-state index in [0.29, 0.717) is 22.2 Å². The molecule has 0 aliphatic carbocycles. The molecule has 0 spiro atoms. The maximum absolute atomic E-state index is 13.3. The Morgan fingerprint density at radius 2 is 1.75 bits per heavy atom. The summed E-state index contributed by atoms with van der Waals surface area (Å²) in [6.07, 6.45) is 0.457. The first-order valence-electron chi connectivity index (χ1n) is 10.7. The van der Waals surface area contributed by atoms with E-state index in [1.165, 1.54) is 0 Å². The first kappa shape index (κ1) is 26.0. The highest BCUT2D eigenvalue weighted by Crippen LogP contribution is 2.25. The van der Waals surface area contributed by atoms with Crippen molar-refractivity contribution in [1.82, 2.24) is 10.2 Å². The first-order chi connectivity index (χ1) is 14.9. The largest absolute Gasteiger partial charge is 0.483 e. The molecule has 2 aromatic rings. The molecular weight excluding hydrogens is 447 g/mol. The lowest BCUT2D eigenvalue weighted by atomic mass is 10.1. The van der Waals surface area contributed by atoms with Gasteiger partial charge in [0.2, 0.25) is 5.91 Å². The summed E-state index contributed by atoms with van der Waals surface area (Å²) in [4.78, 5) is 27.9. The molecule has 2 amide bonds. The average molecular weight is 479 g/mol. The lowest BCUT2D eigenvalue weighted by Crippen LogP contribution is -2.54. The van der Waals surface area contributed by atoms with Gasteiger partial charge in [0, 0.05) is 12.1 Å². The van der Waals surface area contributed by atoms with Crippen LogP contribution in [0.5, 0.6) is 5.75 Å². The maximum Gasteiger partial charge on any atom is 0.261 e. The van der Waals surface area contributed by atoms with Gasteiger partial charge in [-0.2, -0.15) is 0 Å². The molecule has 2 aromatic carbocycles. The van der Waals surface area contributed by atoms with E-state index in [1.54, 1.807) is 23.1 Å². The highest BCUT2D eigenvalue weighted by atomic mass is 35.5. The van der Waals surface area contributed by atoms with Crippen LogP contribution in [0.25, 0.3) is 0 Å². The Hall–Kier alpha value is -2.24. The Bertz CT molecular complexity index is 970.